The molecule has 0 fully saturated rings. The zero-order chi connectivity index (χ0) is 13.7. The standard InChI is InChI=1S/C11H12N2O4S/c1-6(9(14)13-11(12)17)18-8-4-2-7(3-5-8)10(15)16/h2-6H,1H3,(H,15,16)(H3,12,13,14,17). The molecular formula is C11H12N2O4S. The third-order valence-corrected chi connectivity index (χ3v) is 3.14. The Bertz CT molecular complexity index is 472. The number of aromatic carboxylic acids is 1. The van der Waals surface area contributed by atoms with Crippen LogP contribution in [0.2, 0.25) is 0 Å². The minimum atomic E-state index is -1.01. The second-order valence-electron chi connectivity index (χ2n) is 3.44. The van der Waals surface area contributed by atoms with Crippen molar-refractivity contribution in [2.24, 2.45) is 5.73 Å². The van der Waals surface area contributed by atoms with Gasteiger partial charge < -0.3 is 10.8 Å². The van der Waals surface area contributed by atoms with Crippen LogP contribution in [0.1, 0.15) is 17.3 Å². The molecule has 18 heavy (non-hydrogen) atoms. The first-order chi connectivity index (χ1) is 8.40. The van der Waals surface area contributed by atoms with Crippen LogP contribution in [0.15, 0.2) is 29.2 Å². The van der Waals surface area contributed by atoms with Crippen LogP contribution in [0.3, 0.4) is 0 Å². The maximum atomic E-state index is 11.4. The maximum Gasteiger partial charge on any atom is 0.335 e. The van der Waals surface area contributed by atoms with Crippen LogP contribution < -0.4 is 11.1 Å². The number of urea groups is 1. The SMILES string of the molecule is CC(Sc1ccc(C(=O)O)cc1)C(=O)NC(N)=O. The van der Waals surface area contributed by atoms with Crippen molar-refractivity contribution >= 4 is 29.7 Å². The van der Waals surface area contributed by atoms with E-state index in [0.29, 0.717) is 0 Å². The molecule has 1 atom stereocenters. The molecule has 0 aromatic heterocycles. The Balaban J connectivity index is 2.64. The first-order valence-corrected chi connectivity index (χ1v) is 5.88. The maximum absolute atomic E-state index is 11.4. The summed E-state index contributed by atoms with van der Waals surface area (Å²) in [5, 5.41) is 10.2. The number of carboxylic acids is 1. The van der Waals surface area contributed by atoms with Crippen LogP contribution in [0.25, 0.3) is 0 Å². The molecule has 0 spiro atoms. The van der Waals surface area contributed by atoms with Gasteiger partial charge in [0.05, 0.1) is 10.8 Å². The second kappa shape index (κ2) is 6.06. The van der Waals surface area contributed by atoms with E-state index in [0.717, 1.165) is 4.90 Å². The second-order valence-corrected chi connectivity index (χ2v) is 4.86. The molecule has 4 N–H and O–H groups in total. The number of thioether (sulfide) groups is 1. The number of hydrogen-bond donors (Lipinski definition) is 3. The van der Waals surface area contributed by atoms with E-state index in [4.69, 9.17) is 10.8 Å². The predicted octanol–water partition coefficient (Wildman–Crippen LogP) is 1.06. The smallest absolute Gasteiger partial charge is 0.335 e. The number of benzene rings is 1. The summed E-state index contributed by atoms with van der Waals surface area (Å²) < 4.78 is 0. The van der Waals surface area contributed by atoms with E-state index in [9.17, 15) is 14.4 Å². The number of nitrogens with two attached hydrogens (primary N) is 1. The van der Waals surface area contributed by atoms with E-state index in [2.05, 4.69) is 0 Å². The lowest BCUT2D eigenvalue weighted by atomic mass is 10.2. The average molecular weight is 268 g/mol. The van der Waals surface area contributed by atoms with E-state index in [1.54, 1.807) is 19.1 Å². The van der Waals surface area contributed by atoms with Gasteiger partial charge in [-0.2, -0.15) is 0 Å². The highest BCUT2D eigenvalue weighted by Crippen LogP contribution is 2.23. The number of carboxylic acid groups (broad SMARTS) is 1. The molecule has 0 aliphatic rings. The normalized spacial score (nSPS) is 11.6. The molecule has 1 rings (SSSR count). The highest BCUT2D eigenvalue weighted by Gasteiger charge is 2.15. The Kier molecular flexibility index (Phi) is 4.73. The summed E-state index contributed by atoms with van der Waals surface area (Å²) in [7, 11) is 0. The zero-order valence-corrected chi connectivity index (χ0v) is 10.4. The van der Waals surface area contributed by atoms with Gasteiger partial charge in [-0.15, -0.1) is 11.8 Å². The Labute approximate surface area is 108 Å². The molecule has 96 valence electrons. The topological polar surface area (TPSA) is 109 Å². The molecule has 1 aromatic rings. The minimum absolute atomic E-state index is 0.175. The zero-order valence-electron chi connectivity index (χ0n) is 9.54. The van der Waals surface area contributed by atoms with Gasteiger partial charge in [-0.05, 0) is 31.2 Å². The molecule has 0 aliphatic carbocycles. The van der Waals surface area contributed by atoms with E-state index in [1.165, 1.54) is 23.9 Å². The molecule has 0 saturated carbocycles. The summed E-state index contributed by atoms with van der Waals surface area (Å²) in [6.45, 7) is 1.62. The van der Waals surface area contributed by atoms with E-state index in [-0.39, 0.29) is 5.56 Å². The van der Waals surface area contributed by atoms with E-state index in [1.807, 2.05) is 5.32 Å². The molecule has 1 unspecified atom stereocenters. The highest BCUT2D eigenvalue weighted by molar-refractivity contribution is 8.00. The van der Waals surface area contributed by atoms with Gasteiger partial charge in [-0.3, -0.25) is 10.1 Å². The van der Waals surface area contributed by atoms with Crippen LogP contribution in [-0.4, -0.2) is 28.3 Å². The van der Waals surface area contributed by atoms with Crippen molar-refractivity contribution in [1.29, 1.82) is 0 Å². The van der Waals surface area contributed by atoms with Crippen molar-refractivity contribution in [2.75, 3.05) is 0 Å². The molecule has 3 amide bonds. The molecule has 6 nitrogen and oxygen atoms in total. The predicted molar refractivity (Wildman–Crippen MR) is 66.4 cm³/mol. The van der Waals surface area contributed by atoms with Crippen molar-refractivity contribution in [2.45, 2.75) is 17.1 Å². The van der Waals surface area contributed by atoms with Gasteiger partial charge >= 0.3 is 12.0 Å². The van der Waals surface area contributed by atoms with Gasteiger partial charge in [0.2, 0.25) is 5.91 Å². The molecule has 7 heteroatoms. The van der Waals surface area contributed by atoms with E-state index >= 15 is 0 Å². The monoisotopic (exact) mass is 268 g/mol. The van der Waals surface area contributed by atoms with Gasteiger partial charge in [0, 0.05) is 4.90 Å². The number of imide groups is 1. The lowest BCUT2D eigenvalue weighted by Gasteiger charge is -2.09. The Hall–Kier alpha value is -2.02. The van der Waals surface area contributed by atoms with Gasteiger partial charge in [0.1, 0.15) is 0 Å². The molecular weight excluding hydrogens is 256 g/mol. The van der Waals surface area contributed by atoms with Crippen LogP contribution in [0.4, 0.5) is 4.79 Å². The molecule has 1 aromatic carbocycles. The number of amides is 3. The first kappa shape index (κ1) is 14.0. The quantitative estimate of drug-likeness (QED) is 0.707. The molecule has 0 heterocycles. The van der Waals surface area contributed by atoms with Crippen molar-refractivity contribution in [1.82, 2.24) is 5.32 Å². The molecule has 0 aliphatic heterocycles. The number of hydrogen-bond acceptors (Lipinski definition) is 4. The van der Waals surface area contributed by atoms with Crippen LogP contribution in [-0.2, 0) is 4.79 Å². The van der Waals surface area contributed by atoms with Gasteiger partial charge in [-0.1, -0.05) is 0 Å². The van der Waals surface area contributed by atoms with Crippen molar-refractivity contribution < 1.29 is 19.5 Å². The van der Waals surface area contributed by atoms with Crippen LogP contribution in [0, 0.1) is 0 Å². The number of rotatable bonds is 4. The van der Waals surface area contributed by atoms with Crippen molar-refractivity contribution in [3.8, 4) is 0 Å². The minimum Gasteiger partial charge on any atom is -0.478 e. The summed E-state index contributed by atoms with van der Waals surface area (Å²) in [4.78, 5) is 33.3. The molecule has 0 radical (unpaired) electrons. The fourth-order valence-corrected chi connectivity index (χ4v) is 2.02. The summed E-state index contributed by atoms with van der Waals surface area (Å²) in [5.41, 5.74) is 5.01. The van der Waals surface area contributed by atoms with Gasteiger partial charge in [-0.25, -0.2) is 9.59 Å². The summed E-state index contributed by atoms with van der Waals surface area (Å²) in [6, 6.07) is 5.20. The largest absolute Gasteiger partial charge is 0.478 e. The lowest BCUT2D eigenvalue weighted by Crippen LogP contribution is -2.39. The summed E-state index contributed by atoms with van der Waals surface area (Å²) >= 11 is 1.20. The van der Waals surface area contributed by atoms with Gasteiger partial charge in [0.15, 0.2) is 0 Å². The lowest BCUT2D eigenvalue weighted by molar-refractivity contribution is -0.119. The fourth-order valence-electron chi connectivity index (χ4n) is 1.16. The van der Waals surface area contributed by atoms with Crippen molar-refractivity contribution in [3.63, 3.8) is 0 Å². The average Bonchev–Trinajstić information content (AvgIpc) is 2.28. The number of carbonyl (C=O) groups excluding carboxylic acids is 2. The Morgan fingerprint density at radius 3 is 2.28 bits per heavy atom. The van der Waals surface area contributed by atoms with Crippen LogP contribution in [0.5, 0.6) is 0 Å². The Morgan fingerprint density at radius 2 is 1.83 bits per heavy atom. The highest BCUT2D eigenvalue weighted by atomic mass is 32.2. The first-order valence-electron chi connectivity index (χ1n) is 5.00. The third-order valence-electron chi connectivity index (χ3n) is 2.03. The summed E-state index contributed by atoms with van der Waals surface area (Å²) in [6.07, 6.45) is 0. The summed E-state index contributed by atoms with van der Waals surface area (Å²) in [5.74, 6) is -1.50. The number of primary amides is 1. The van der Waals surface area contributed by atoms with Crippen molar-refractivity contribution in [3.05, 3.63) is 29.8 Å². The fraction of sp³-hybridized carbons (Fsp3) is 0.182. The number of carbonyl (C=O) groups is 3. The van der Waals surface area contributed by atoms with E-state index < -0.39 is 23.2 Å². The molecule has 0 bridgehead atoms. The third kappa shape index (κ3) is 4.10. The molecule has 0 saturated heterocycles. The van der Waals surface area contributed by atoms with Crippen LogP contribution >= 0.6 is 11.8 Å². The Morgan fingerprint density at radius 1 is 1.28 bits per heavy atom. The number of nitrogens with one attached hydrogen (secondary N) is 1. The van der Waals surface area contributed by atoms with Gasteiger partial charge in [0.25, 0.3) is 0 Å².